The van der Waals surface area contributed by atoms with Crippen LogP contribution in [0.2, 0.25) is 0 Å². The monoisotopic (exact) mass is 256 g/mol. The number of hydrogen-bond acceptors (Lipinski definition) is 3. The van der Waals surface area contributed by atoms with Crippen LogP contribution in [0.1, 0.15) is 24.2 Å². The molecule has 0 heterocycles. The molecule has 0 aliphatic carbocycles. The van der Waals surface area contributed by atoms with Crippen molar-refractivity contribution in [3.63, 3.8) is 0 Å². The first-order chi connectivity index (χ1) is 8.06. The molecule has 1 aromatic rings. The highest BCUT2D eigenvalue weighted by Crippen LogP contribution is 2.21. The molecule has 1 rings (SSSR count). The lowest BCUT2D eigenvalue weighted by atomic mass is 10.1. The van der Waals surface area contributed by atoms with E-state index in [1.165, 1.54) is 31.0 Å². The van der Waals surface area contributed by atoms with E-state index in [-0.39, 0.29) is 17.1 Å². The number of ketones is 1. The average Bonchev–Trinajstić information content (AvgIpc) is 2.28. The first-order valence-electron chi connectivity index (χ1n) is 5.49. The minimum absolute atomic E-state index is 0.112. The fourth-order valence-corrected chi connectivity index (χ4v) is 2.28. The van der Waals surface area contributed by atoms with Crippen LogP contribution in [-0.4, -0.2) is 24.4 Å². The van der Waals surface area contributed by atoms with Gasteiger partial charge in [0.05, 0.1) is 18.4 Å². The lowest BCUT2D eigenvalue weighted by Crippen LogP contribution is -2.07. The molecule has 0 saturated carbocycles. The smallest absolute Gasteiger partial charge is 0.175 e. The molecular weight excluding hydrogens is 239 g/mol. The highest BCUT2D eigenvalue weighted by Gasteiger charge is 2.15. The maximum Gasteiger partial charge on any atom is 0.175 e. The Kier molecular flexibility index (Phi) is 5.48. The molecule has 94 valence electrons. The van der Waals surface area contributed by atoms with Gasteiger partial charge in [0.2, 0.25) is 0 Å². The van der Waals surface area contributed by atoms with E-state index in [4.69, 9.17) is 4.74 Å². The van der Waals surface area contributed by atoms with Gasteiger partial charge in [-0.2, -0.15) is 11.8 Å². The fraction of sp³-hybridized carbons (Fsp3) is 0.462. The van der Waals surface area contributed by atoms with Crippen molar-refractivity contribution >= 4 is 17.5 Å². The van der Waals surface area contributed by atoms with Crippen LogP contribution in [0.4, 0.5) is 4.39 Å². The maximum atomic E-state index is 13.8. The molecule has 4 heteroatoms. The van der Waals surface area contributed by atoms with E-state index in [1.54, 1.807) is 6.07 Å². The summed E-state index contributed by atoms with van der Waals surface area (Å²) in [6.07, 6.45) is 0. The summed E-state index contributed by atoms with van der Waals surface area (Å²) in [7, 11) is 1.39. The number of hydrogen-bond donors (Lipinski definition) is 0. The summed E-state index contributed by atoms with van der Waals surface area (Å²) in [5.41, 5.74) is 0.112. The zero-order valence-electron chi connectivity index (χ0n) is 10.3. The quantitative estimate of drug-likeness (QED) is 0.730. The summed E-state index contributed by atoms with van der Waals surface area (Å²) in [5.74, 6) is 1.10. The lowest BCUT2D eigenvalue weighted by molar-refractivity contribution is 0.101. The van der Waals surface area contributed by atoms with E-state index in [0.717, 1.165) is 5.75 Å². The SMILES string of the molecule is COc1cccc(C(=O)CSCC(C)C)c1F. The predicted octanol–water partition coefficient (Wildman–Crippen LogP) is 3.41. The summed E-state index contributed by atoms with van der Waals surface area (Å²) in [4.78, 5) is 11.8. The third-order valence-corrected chi connectivity index (χ3v) is 3.54. The minimum atomic E-state index is -0.565. The van der Waals surface area contributed by atoms with Crippen molar-refractivity contribution in [2.45, 2.75) is 13.8 Å². The van der Waals surface area contributed by atoms with Crippen LogP contribution in [0.3, 0.4) is 0 Å². The van der Waals surface area contributed by atoms with E-state index in [1.807, 2.05) is 0 Å². The fourth-order valence-electron chi connectivity index (χ4n) is 1.35. The van der Waals surface area contributed by atoms with Gasteiger partial charge in [0.1, 0.15) is 0 Å². The molecule has 0 radical (unpaired) electrons. The van der Waals surface area contributed by atoms with Gasteiger partial charge in [-0.25, -0.2) is 4.39 Å². The largest absolute Gasteiger partial charge is 0.494 e. The number of ether oxygens (including phenoxy) is 1. The van der Waals surface area contributed by atoms with E-state index >= 15 is 0 Å². The van der Waals surface area contributed by atoms with Gasteiger partial charge in [-0.05, 0) is 23.8 Å². The Hall–Kier alpha value is -1.03. The van der Waals surface area contributed by atoms with Gasteiger partial charge >= 0.3 is 0 Å². The molecular formula is C13H17FO2S. The standard InChI is InChI=1S/C13H17FO2S/c1-9(2)7-17-8-11(15)10-5-4-6-12(16-3)13(10)14/h4-6,9H,7-8H2,1-3H3. The number of halogens is 1. The van der Waals surface area contributed by atoms with E-state index in [0.29, 0.717) is 11.7 Å². The van der Waals surface area contributed by atoms with Gasteiger partial charge in [-0.1, -0.05) is 19.9 Å². The summed E-state index contributed by atoms with van der Waals surface area (Å²) in [5, 5.41) is 0. The number of methoxy groups -OCH3 is 1. The molecule has 0 N–H and O–H groups in total. The topological polar surface area (TPSA) is 26.3 Å². The average molecular weight is 256 g/mol. The maximum absolute atomic E-state index is 13.8. The second kappa shape index (κ2) is 6.64. The summed E-state index contributed by atoms with van der Waals surface area (Å²) in [6.45, 7) is 4.17. The molecule has 0 amide bonds. The van der Waals surface area contributed by atoms with Crippen molar-refractivity contribution in [1.29, 1.82) is 0 Å². The molecule has 0 atom stereocenters. The van der Waals surface area contributed by atoms with Crippen LogP contribution >= 0.6 is 11.8 Å². The Balaban J connectivity index is 2.69. The highest BCUT2D eigenvalue weighted by molar-refractivity contribution is 7.99. The molecule has 0 aliphatic heterocycles. The first-order valence-corrected chi connectivity index (χ1v) is 6.65. The third kappa shape index (κ3) is 4.04. The number of benzene rings is 1. The molecule has 2 nitrogen and oxygen atoms in total. The molecule has 0 spiro atoms. The number of carbonyl (C=O) groups excluding carboxylic acids is 1. The zero-order valence-corrected chi connectivity index (χ0v) is 11.1. The van der Waals surface area contributed by atoms with Gasteiger partial charge in [0.25, 0.3) is 0 Å². The number of carbonyl (C=O) groups is 1. The van der Waals surface area contributed by atoms with Crippen molar-refractivity contribution < 1.29 is 13.9 Å². The molecule has 0 aliphatic rings. The van der Waals surface area contributed by atoms with Crippen molar-refractivity contribution in [1.82, 2.24) is 0 Å². The molecule has 0 fully saturated rings. The highest BCUT2D eigenvalue weighted by atomic mass is 32.2. The van der Waals surface area contributed by atoms with Crippen LogP contribution in [0.5, 0.6) is 5.75 Å². The van der Waals surface area contributed by atoms with Crippen molar-refractivity contribution in [3.8, 4) is 5.75 Å². The van der Waals surface area contributed by atoms with Crippen LogP contribution in [0.15, 0.2) is 18.2 Å². The van der Waals surface area contributed by atoms with Crippen LogP contribution in [0.25, 0.3) is 0 Å². The summed E-state index contributed by atoms with van der Waals surface area (Å²) >= 11 is 1.53. The number of Topliss-reactive ketones (excluding diaryl/α,β-unsaturated/α-hetero) is 1. The molecule has 17 heavy (non-hydrogen) atoms. The van der Waals surface area contributed by atoms with Crippen LogP contribution in [-0.2, 0) is 0 Å². The molecule has 0 unspecified atom stereocenters. The minimum Gasteiger partial charge on any atom is -0.494 e. The predicted molar refractivity (Wildman–Crippen MR) is 69.4 cm³/mol. The number of rotatable bonds is 6. The summed E-state index contributed by atoms with van der Waals surface area (Å²) in [6, 6.07) is 4.63. The van der Waals surface area contributed by atoms with Gasteiger partial charge in [-0.3, -0.25) is 4.79 Å². The van der Waals surface area contributed by atoms with Gasteiger partial charge in [-0.15, -0.1) is 0 Å². The molecule has 1 aromatic carbocycles. The van der Waals surface area contributed by atoms with Gasteiger partial charge in [0.15, 0.2) is 17.3 Å². The Morgan fingerprint density at radius 2 is 2.18 bits per heavy atom. The second-order valence-electron chi connectivity index (χ2n) is 4.15. The Morgan fingerprint density at radius 3 is 2.76 bits per heavy atom. The Bertz CT molecular complexity index is 391. The van der Waals surface area contributed by atoms with Crippen LogP contribution < -0.4 is 4.74 Å². The normalized spacial score (nSPS) is 10.6. The van der Waals surface area contributed by atoms with Crippen molar-refractivity contribution in [2.24, 2.45) is 5.92 Å². The summed E-state index contributed by atoms with van der Waals surface area (Å²) < 4.78 is 18.6. The Labute approximate surface area is 106 Å². The zero-order chi connectivity index (χ0) is 12.8. The van der Waals surface area contributed by atoms with Crippen LogP contribution in [0, 0.1) is 11.7 Å². The number of thioether (sulfide) groups is 1. The molecule has 0 bridgehead atoms. The van der Waals surface area contributed by atoms with Crippen molar-refractivity contribution in [2.75, 3.05) is 18.6 Å². The van der Waals surface area contributed by atoms with Crippen molar-refractivity contribution in [3.05, 3.63) is 29.6 Å². The second-order valence-corrected chi connectivity index (χ2v) is 5.18. The lowest BCUT2D eigenvalue weighted by Gasteiger charge is -2.07. The van der Waals surface area contributed by atoms with E-state index < -0.39 is 5.82 Å². The third-order valence-electron chi connectivity index (χ3n) is 2.17. The van der Waals surface area contributed by atoms with Gasteiger partial charge < -0.3 is 4.74 Å². The van der Waals surface area contributed by atoms with E-state index in [9.17, 15) is 9.18 Å². The van der Waals surface area contributed by atoms with Gasteiger partial charge in [0, 0.05) is 0 Å². The molecule has 0 aromatic heterocycles. The Morgan fingerprint density at radius 1 is 1.47 bits per heavy atom. The van der Waals surface area contributed by atoms with E-state index in [2.05, 4.69) is 13.8 Å². The first kappa shape index (κ1) is 14.0. The molecule has 0 saturated heterocycles.